The Morgan fingerprint density at radius 3 is 2.65 bits per heavy atom. The zero-order chi connectivity index (χ0) is 11.8. The molecular weight excluding hydrogens is 212 g/mol. The van der Waals surface area contributed by atoms with Crippen LogP contribution < -0.4 is 0 Å². The lowest BCUT2D eigenvalue weighted by Crippen LogP contribution is -1.99. The molecule has 2 heterocycles. The van der Waals surface area contributed by atoms with Gasteiger partial charge in [-0.15, -0.1) is 0 Å². The van der Waals surface area contributed by atoms with Crippen LogP contribution >= 0.6 is 0 Å². The summed E-state index contributed by atoms with van der Waals surface area (Å²) in [6.45, 7) is 2.02. The average molecular weight is 226 g/mol. The predicted octanol–water partition coefficient (Wildman–Crippen LogP) is 3.01. The third-order valence-corrected chi connectivity index (χ3v) is 3.35. The Hall–Kier alpha value is -1.90. The van der Waals surface area contributed by atoms with Gasteiger partial charge in [-0.25, -0.2) is 0 Å². The van der Waals surface area contributed by atoms with Crippen molar-refractivity contribution < 1.29 is 4.79 Å². The van der Waals surface area contributed by atoms with Gasteiger partial charge in [0.2, 0.25) is 0 Å². The number of aldehydes is 1. The van der Waals surface area contributed by atoms with E-state index in [1.165, 1.54) is 12.8 Å². The Morgan fingerprint density at radius 1 is 1.35 bits per heavy atom. The van der Waals surface area contributed by atoms with Gasteiger partial charge >= 0.3 is 0 Å². The number of nitrogens with zero attached hydrogens (tertiary/aromatic N) is 2. The summed E-state index contributed by atoms with van der Waals surface area (Å²) < 4.78 is 2.29. The predicted molar refractivity (Wildman–Crippen MR) is 66.1 cm³/mol. The molecule has 2 aromatic heterocycles. The maximum atomic E-state index is 11.0. The quantitative estimate of drug-likeness (QED) is 0.754. The largest absolute Gasteiger partial charge is 0.341 e. The fraction of sp³-hybridized carbons (Fsp3) is 0.286. The molecule has 0 aromatic carbocycles. The number of pyridine rings is 1. The molecule has 1 aliphatic carbocycles. The van der Waals surface area contributed by atoms with Gasteiger partial charge in [0.1, 0.15) is 0 Å². The first-order valence-electron chi connectivity index (χ1n) is 5.88. The molecule has 0 bridgehead atoms. The van der Waals surface area contributed by atoms with Gasteiger partial charge in [0.15, 0.2) is 6.29 Å². The molecule has 3 rings (SSSR count). The summed E-state index contributed by atoms with van der Waals surface area (Å²) in [5.74, 6) is 0. The lowest BCUT2D eigenvalue weighted by atomic mass is 10.2. The Kier molecular flexibility index (Phi) is 2.32. The highest BCUT2D eigenvalue weighted by molar-refractivity contribution is 5.81. The van der Waals surface area contributed by atoms with Crippen molar-refractivity contribution in [3.05, 3.63) is 41.9 Å². The van der Waals surface area contributed by atoms with Crippen molar-refractivity contribution in [2.24, 2.45) is 0 Å². The summed E-state index contributed by atoms with van der Waals surface area (Å²) >= 11 is 0. The second kappa shape index (κ2) is 3.84. The van der Waals surface area contributed by atoms with Gasteiger partial charge in [-0.1, -0.05) is 0 Å². The lowest BCUT2D eigenvalue weighted by Gasteiger charge is -2.10. The minimum atomic E-state index is 0.576. The summed E-state index contributed by atoms with van der Waals surface area (Å²) in [5.41, 5.74) is 4.13. The first-order valence-corrected chi connectivity index (χ1v) is 5.88. The molecule has 1 saturated carbocycles. The van der Waals surface area contributed by atoms with E-state index in [2.05, 4.69) is 9.55 Å². The molecule has 1 fully saturated rings. The van der Waals surface area contributed by atoms with Gasteiger partial charge in [0.05, 0.1) is 0 Å². The highest BCUT2D eigenvalue weighted by Gasteiger charge is 2.28. The minimum Gasteiger partial charge on any atom is -0.341 e. The van der Waals surface area contributed by atoms with E-state index in [-0.39, 0.29) is 0 Å². The highest BCUT2D eigenvalue weighted by Crippen LogP contribution is 2.41. The standard InChI is InChI=1S/C14H14N2O/c1-10-12(9-17)8-14(16(10)13-2-3-13)11-4-6-15-7-5-11/h4-9,13H,2-3H2,1H3. The van der Waals surface area contributed by atoms with E-state index >= 15 is 0 Å². The molecule has 0 radical (unpaired) electrons. The van der Waals surface area contributed by atoms with Gasteiger partial charge in [0, 0.05) is 41.0 Å². The van der Waals surface area contributed by atoms with Crippen molar-refractivity contribution in [3.63, 3.8) is 0 Å². The molecule has 0 N–H and O–H groups in total. The topological polar surface area (TPSA) is 34.9 Å². The Balaban J connectivity index is 2.18. The fourth-order valence-corrected chi connectivity index (χ4v) is 2.31. The van der Waals surface area contributed by atoms with E-state index < -0.39 is 0 Å². The molecule has 86 valence electrons. The van der Waals surface area contributed by atoms with Crippen LogP contribution in [-0.4, -0.2) is 15.8 Å². The summed E-state index contributed by atoms with van der Waals surface area (Å²) in [6, 6.07) is 6.53. The number of carbonyl (C=O) groups is 1. The van der Waals surface area contributed by atoms with Gasteiger partial charge in [-0.3, -0.25) is 9.78 Å². The van der Waals surface area contributed by atoms with E-state index in [1.807, 2.05) is 25.1 Å². The van der Waals surface area contributed by atoms with Crippen LogP contribution in [0.4, 0.5) is 0 Å². The molecule has 0 saturated heterocycles. The van der Waals surface area contributed by atoms with Crippen LogP contribution in [0.3, 0.4) is 0 Å². The summed E-state index contributed by atoms with van der Waals surface area (Å²) in [4.78, 5) is 15.1. The van der Waals surface area contributed by atoms with Crippen LogP contribution in [0.1, 0.15) is 34.9 Å². The van der Waals surface area contributed by atoms with E-state index in [4.69, 9.17) is 0 Å². The molecule has 0 amide bonds. The molecule has 0 unspecified atom stereocenters. The van der Waals surface area contributed by atoms with Crippen molar-refractivity contribution in [3.8, 4) is 11.3 Å². The number of aromatic nitrogens is 2. The number of carbonyl (C=O) groups excluding carboxylic acids is 1. The average Bonchev–Trinajstić information content (AvgIpc) is 3.14. The van der Waals surface area contributed by atoms with Crippen LogP contribution in [0, 0.1) is 6.92 Å². The Morgan fingerprint density at radius 2 is 2.06 bits per heavy atom. The maximum absolute atomic E-state index is 11.0. The van der Waals surface area contributed by atoms with Crippen molar-refractivity contribution in [1.29, 1.82) is 0 Å². The van der Waals surface area contributed by atoms with Gasteiger partial charge in [-0.05, 0) is 38.0 Å². The summed E-state index contributed by atoms with van der Waals surface area (Å²) in [7, 11) is 0. The molecule has 3 nitrogen and oxygen atoms in total. The van der Waals surface area contributed by atoms with Crippen molar-refractivity contribution >= 4 is 6.29 Å². The van der Waals surface area contributed by atoms with Crippen LogP contribution in [0.5, 0.6) is 0 Å². The van der Waals surface area contributed by atoms with Crippen molar-refractivity contribution in [1.82, 2.24) is 9.55 Å². The van der Waals surface area contributed by atoms with Crippen LogP contribution in [-0.2, 0) is 0 Å². The van der Waals surface area contributed by atoms with E-state index in [0.29, 0.717) is 6.04 Å². The lowest BCUT2D eigenvalue weighted by molar-refractivity contribution is 0.112. The zero-order valence-electron chi connectivity index (χ0n) is 9.76. The van der Waals surface area contributed by atoms with Gasteiger partial charge < -0.3 is 4.57 Å². The molecule has 17 heavy (non-hydrogen) atoms. The smallest absolute Gasteiger partial charge is 0.151 e. The second-order valence-corrected chi connectivity index (χ2v) is 4.53. The molecule has 3 heteroatoms. The summed E-state index contributed by atoms with van der Waals surface area (Å²) in [5, 5.41) is 0. The Bertz CT molecular complexity index is 553. The first-order chi connectivity index (χ1) is 8.31. The zero-order valence-corrected chi connectivity index (χ0v) is 9.76. The van der Waals surface area contributed by atoms with E-state index in [9.17, 15) is 4.79 Å². The van der Waals surface area contributed by atoms with Crippen LogP contribution in [0.25, 0.3) is 11.3 Å². The number of rotatable bonds is 3. The monoisotopic (exact) mass is 226 g/mol. The third kappa shape index (κ3) is 1.68. The third-order valence-electron chi connectivity index (χ3n) is 3.35. The maximum Gasteiger partial charge on any atom is 0.151 e. The SMILES string of the molecule is Cc1c(C=O)cc(-c2ccncc2)n1C1CC1. The number of hydrogen-bond acceptors (Lipinski definition) is 2. The van der Waals surface area contributed by atoms with Gasteiger partial charge in [-0.2, -0.15) is 0 Å². The Labute approximate surface area is 100 Å². The van der Waals surface area contributed by atoms with Crippen LogP contribution in [0.2, 0.25) is 0 Å². The molecule has 0 atom stereocenters. The van der Waals surface area contributed by atoms with Gasteiger partial charge in [0.25, 0.3) is 0 Å². The fourth-order valence-electron chi connectivity index (χ4n) is 2.31. The van der Waals surface area contributed by atoms with E-state index in [1.54, 1.807) is 12.4 Å². The first kappa shape index (κ1) is 10.3. The normalized spacial score (nSPS) is 14.9. The van der Waals surface area contributed by atoms with Crippen molar-refractivity contribution in [2.75, 3.05) is 0 Å². The van der Waals surface area contributed by atoms with Crippen LogP contribution in [0.15, 0.2) is 30.6 Å². The van der Waals surface area contributed by atoms with Crippen molar-refractivity contribution in [2.45, 2.75) is 25.8 Å². The number of hydrogen-bond donors (Lipinski definition) is 0. The molecular formula is C14H14N2O. The second-order valence-electron chi connectivity index (χ2n) is 4.53. The molecule has 2 aromatic rings. The molecule has 1 aliphatic rings. The molecule has 0 aliphatic heterocycles. The van der Waals surface area contributed by atoms with E-state index in [0.717, 1.165) is 28.8 Å². The molecule has 0 spiro atoms. The minimum absolute atomic E-state index is 0.576. The highest BCUT2D eigenvalue weighted by atomic mass is 16.1. The summed E-state index contributed by atoms with van der Waals surface area (Å²) in [6.07, 6.45) is 6.95.